The Morgan fingerprint density at radius 2 is 1.56 bits per heavy atom. The number of rotatable bonds is 7. The average molecular weight is 437 g/mol. The molecule has 0 radical (unpaired) electrons. The lowest BCUT2D eigenvalue weighted by Crippen LogP contribution is -2.50. The number of anilines is 2. The lowest BCUT2D eigenvalue weighted by atomic mass is 9.81. The molecule has 0 bridgehead atoms. The topological polar surface area (TPSA) is 77.0 Å². The van der Waals surface area contributed by atoms with Gasteiger partial charge in [0.2, 0.25) is 5.91 Å². The standard InChI is InChI=1S/C25H32N4O3/c30-24(20-9-11-21(12-10-20)25(31)32)29(23-8-4-5-13-26-23)19-16-27-14-17-28(18-15-27)22-6-2-1-3-7-22/h1-8,13,20-21H,9-12,14-19H2,(H,31,32)/t20-,21+. The van der Waals surface area contributed by atoms with E-state index in [9.17, 15) is 14.7 Å². The molecule has 1 saturated carbocycles. The molecule has 1 amide bonds. The second kappa shape index (κ2) is 10.6. The van der Waals surface area contributed by atoms with E-state index in [2.05, 4.69) is 39.0 Å². The predicted molar refractivity (Wildman–Crippen MR) is 125 cm³/mol. The van der Waals surface area contributed by atoms with Crippen LogP contribution in [0.15, 0.2) is 54.7 Å². The second-order valence-corrected chi connectivity index (χ2v) is 8.73. The number of benzene rings is 1. The molecule has 7 nitrogen and oxygen atoms in total. The summed E-state index contributed by atoms with van der Waals surface area (Å²) in [6, 6.07) is 16.1. The Kier molecular flexibility index (Phi) is 7.37. The van der Waals surface area contributed by atoms with Crippen molar-refractivity contribution in [2.24, 2.45) is 11.8 Å². The van der Waals surface area contributed by atoms with Crippen LogP contribution in [-0.2, 0) is 9.59 Å². The summed E-state index contributed by atoms with van der Waals surface area (Å²) in [7, 11) is 0. The molecule has 4 rings (SSSR count). The van der Waals surface area contributed by atoms with Crippen LogP contribution in [0.5, 0.6) is 0 Å². The number of piperazine rings is 1. The highest BCUT2D eigenvalue weighted by atomic mass is 16.4. The first-order valence-electron chi connectivity index (χ1n) is 11.6. The SMILES string of the molecule is O=C(O)[C@H]1CC[C@@H](C(=O)N(CCN2CCN(c3ccccc3)CC2)c2ccccn2)CC1. The summed E-state index contributed by atoms with van der Waals surface area (Å²) in [4.78, 5) is 35.7. The number of amides is 1. The minimum Gasteiger partial charge on any atom is -0.481 e. The van der Waals surface area contributed by atoms with Crippen molar-refractivity contribution in [2.75, 3.05) is 49.1 Å². The molecule has 7 heteroatoms. The highest BCUT2D eigenvalue weighted by molar-refractivity contribution is 5.94. The first kappa shape index (κ1) is 22.3. The zero-order chi connectivity index (χ0) is 22.3. The van der Waals surface area contributed by atoms with E-state index in [-0.39, 0.29) is 17.7 Å². The van der Waals surface area contributed by atoms with Gasteiger partial charge in [-0.2, -0.15) is 0 Å². The molecule has 0 spiro atoms. The first-order chi connectivity index (χ1) is 15.6. The van der Waals surface area contributed by atoms with Gasteiger partial charge in [0.15, 0.2) is 0 Å². The fraction of sp³-hybridized carbons (Fsp3) is 0.480. The molecule has 2 aromatic rings. The van der Waals surface area contributed by atoms with Gasteiger partial charge in [-0.1, -0.05) is 24.3 Å². The highest BCUT2D eigenvalue weighted by Gasteiger charge is 2.33. The Hall–Kier alpha value is -2.93. The van der Waals surface area contributed by atoms with Crippen LogP contribution in [-0.4, -0.2) is 66.1 Å². The molecule has 1 saturated heterocycles. The summed E-state index contributed by atoms with van der Waals surface area (Å²) in [5.74, 6) is -0.422. The number of carboxylic acids is 1. The quantitative estimate of drug-likeness (QED) is 0.719. The van der Waals surface area contributed by atoms with Gasteiger partial charge in [0.1, 0.15) is 5.82 Å². The molecule has 2 heterocycles. The second-order valence-electron chi connectivity index (χ2n) is 8.73. The molecule has 32 heavy (non-hydrogen) atoms. The summed E-state index contributed by atoms with van der Waals surface area (Å²) in [6.07, 6.45) is 4.13. The maximum atomic E-state index is 13.4. The maximum Gasteiger partial charge on any atom is 0.306 e. The third-order valence-corrected chi connectivity index (χ3v) is 6.75. The van der Waals surface area contributed by atoms with E-state index in [0.29, 0.717) is 38.0 Å². The summed E-state index contributed by atoms with van der Waals surface area (Å²) >= 11 is 0. The molecule has 2 fully saturated rings. The van der Waals surface area contributed by atoms with Gasteiger partial charge in [-0.15, -0.1) is 0 Å². The van der Waals surface area contributed by atoms with Crippen molar-refractivity contribution in [1.29, 1.82) is 0 Å². The lowest BCUT2D eigenvalue weighted by Gasteiger charge is -2.37. The Morgan fingerprint density at radius 1 is 0.906 bits per heavy atom. The lowest BCUT2D eigenvalue weighted by molar-refractivity contribution is -0.144. The molecule has 1 N–H and O–H groups in total. The number of carbonyl (C=O) groups excluding carboxylic acids is 1. The molecular formula is C25H32N4O3. The highest BCUT2D eigenvalue weighted by Crippen LogP contribution is 2.31. The van der Waals surface area contributed by atoms with Gasteiger partial charge in [-0.3, -0.25) is 19.4 Å². The van der Waals surface area contributed by atoms with Gasteiger partial charge >= 0.3 is 5.97 Å². The fourth-order valence-electron chi connectivity index (χ4n) is 4.77. The molecule has 0 atom stereocenters. The van der Waals surface area contributed by atoms with Crippen molar-refractivity contribution < 1.29 is 14.7 Å². The van der Waals surface area contributed by atoms with Crippen LogP contribution in [0.25, 0.3) is 0 Å². The number of hydrogen-bond acceptors (Lipinski definition) is 5. The van der Waals surface area contributed by atoms with Crippen molar-refractivity contribution in [3.05, 3.63) is 54.7 Å². The van der Waals surface area contributed by atoms with Gasteiger partial charge in [-0.25, -0.2) is 4.98 Å². The van der Waals surface area contributed by atoms with Gasteiger partial charge in [0.05, 0.1) is 5.92 Å². The Balaban J connectivity index is 1.35. The number of nitrogens with zero attached hydrogens (tertiary/aromatic N) is 4. The minimum atomic E-state index is -0.743. The molecule has 1 aliphatic heterocycles. The Morgan fingerprint density at radius 3 is 2.19 bits per heavy atom. The molecule has 0 unspecified atom stereocenters. The summed E-state index contributed by atoms with van der Waals surface area (Å²) in [5, 5.41) is 9.26. The van der Waals surface area contributed by atoms with E-state index in [4.69, 9.17) is 0 Å². The van der Waals surface area contributed by atoms with E-state index in [0.717, 1.165) is 32.7 Å². The van der Waals surface area contributed by atoms with E-state index < -0.39 is 5.97 Å². The molecule has 1 aromatic heterocycles. The van der Waals surface area contributed by atoms with Crippen LogP contribution in [0, 0.1) is 11.8 Å². The van der Waals surface area contributed by atoms with E-state index >= 15 is 0 Å². The first-order valence-corrected chi connectivity index (χ1v) is 11.6. The van der Waals surface area contributed by atoms with Gasteiger partial charge in [-0.05, 0) is 49.9 Å². The van der Waals surface area contributed by atoms with Crippen LogP contribution in [0.4, 0.5) is 11.5 Å². The summed E-state index contributed by atoms with van der Waals surface area (Å²) in [5.41, 5.74) is 1.26. The van der Waals surface area contributed by atoms with Crippen LogP contribution in [0.2, 0.25) is 0 Å². The predicted octanol–water partition coefficient (Wildman–Crippen LogP) is 3.13. The number of para-hydroxylation sites is 1. The van der Waals surface area contributed by atoms with Crippen LogP contribution < -0.4 is 9.80 Å². The largest absolute Gasteiger partial charge is 0.481 e. The van der Waals surface area contributed by atoms with Crippen LogP contribution in [0.3, 0.4) is 0 Å². The molecule has 170 valence electrons. The number of pyridine rings is 1. The van der Waals surface area contributed by atoms with Crippen molar-refractivity contribution in [3.8, 4) is 0 Å². The van der Waals surface area contributed by atoms with E-state index in [1.807, 2.05) is 29.2 Å². The summed E-state index contributed by atoms with van der Waals surface area (Å²) < 4.78 is 0. The number of aromatic nitrogens is 1. The van der Waals surface area contributed by atoms with Crippen LogP contribution in [0.1, 0.15) is 25.7 Å². The molecule has 1 aliphatic carbocycles. The van der Waals surface area contributed by atoms with E-state index in [1.165, 1.54) is 5.69 Å². The van der Waals surface area contributed by atoms with Crippen LogP contribution >= 0.6 is 0 Å². The number of carbonyl (C=O) groups is 2. The van der Waals surface area contributed by atoms with Gasteiger partial charge < -0.3 is 10.0 Å². The number of hydrogen-bond donors (Lipinski definition) is 1. The summed E-state index contributed by atoms with van der Waals surface area (Å²) in [6.45, 7) is 5.27. The fourth-order valence-corrected chi connectivity index (χ4v) is 4.77. The Bertz CT molecular complexity index is 877. The van der Waals surface area contributed by atoms with Gasteiger partial charge in [0.25, 0.3) is 0 Å². The average Bonchev–Trinajstić information content (AvgIpc) is 2.85. The normalized spacial score (nSPS) is 21.8. The Labute approximate surface area is 189 Å². The van der Waals surface area contributed by atoms with Crippen molar-refractivity contribution in [1.82, 2.24) is 9.88 Å². The minimum absolute atomic E-state index is 0.0791. The van der Waals surface area contributed by atoms with Crippen molar-refractivity contribution in [3.63, 3.8) is 0 Å². The number of carboxylic acid groups (broad SMARTS) is 1. The van der Waals surface area contributed by atoms with Crippen molar-refractivity contribution >= 4 is 23.4 Å². The third kappa shape index (κ3) is 5.46. The maximum absolute atomic E-state index is 13.4. The molecular weight excluding hydrogens is 404 g/mol. The smallest absolute Gasteiger partial charge is 0.306 e. The molecule has 2 aliphatic rings. The zero-order valence-electron chi connectivity index (χ0n) is 18.5. The number of aliphatic carboxylic acids is 1. The van der Waals surface area contributed by atoms with E-state index in [1.54, 1.807) is 6.20 Å². The zero-order valence-corrected chi connectivity index (χ0v) is 18.5. The molecule has 1 aromatic carbocycles. The van der Waals surface area contributed by atoms with Gasteiger partial charge in [0, 0.05) is 57.1 Å². The monoisotopic (exact) mass is 436 g/mol. The third-order valence-electron chi connectivity index (χ3n) is 6.75. The van der Waals surface area contributed by atoms with Crippen molar-refractivity contribution in [2.45, 2.75) is 25.7 Å².